The van der Waals surface area contributed by atoms with Crippen LogP contribution in [-0.2, 0) is 4.79 Å². The first-order valence-corrected chi connectivity index (χ1v) is 10.6. The summed E-state index contributed by atoms with van der Waals surface area (Å²) in [6.07, 6.45) is 2.02. The third-order valence-corrected chi connectivity index (χ3v) is 5.98. The number of methoxy groups -OCH3 is 3. The molecule has 1 aliphatic carbocycles. The minimum atomic E-state index is -0.487. The van der Waals surface area contributed by atoms with Crippen LogP contribution in [0.5, 0.6) is 23.0 Å². The van der Waals surface area contributed by atoms with Crippen LogP contribution >= 0.6 is 0 Å². The van der Waals surface area contributed by atoms with Crippen molar-refractivity contribution in [1.29, 1.82) is 0 Å². The lowest BCUT2D eigenvalue weighted by molar-refractivity contribution is -0.116. The van der Waals surface area contributed by atoms with E-state index in [1.54, 1.807) is 56.3 Å². The van der Waals surface area contributed by atoms with Crippen molar-refractivity contribution < 1.29 is 24.1 Å². The molecule has 33 heavy (non-hydrogen) atoms. The molecule has 0 amide bonds. The Bertz CT molecular complexity index is 1250. The number of phenolic OH excluding ortho intramolecular Hbond substituents is 1. The molecule has 1 atom stereocenters. The van der Waals surface area contributed by atoms with E-state index in [9.17, 15) is 9.90 Å². The SMILES string of the molecule is COc1cc(-c2nc3n(n2)C(c2cccc(O)c2)C2=C(CCCC2=O)N3)cc(OC)c1OC. The Morgan fingerprint density at radius 1 is 1.06 bits per heavy atom. The molecule has 0 bridgehead atoms. The molecule has 0 fully saturated rings. The van der Waals surface area contributed by atoms with E-state index >= 15 is 0 Å². The number of nitrogens with zero attached hydrogens (tertiary/aromatic N) is 3. The summed E-state index contributed by atoms with van der Waals surface area (Å²) in [6, 6.07) is 9.98. The summed E-state index contributed by atoms with van der Waals surface area (Å²) in [6.45, 7) is 0. The molecule has 2 aliphatic rings. The van der Waals surface area contributed by atoms with Crippen LogP contribution in [0, 0.1) is 0 Å². The van der Waals surface area contributed by atoms with Gasteiger partial charge in [-0.2, -0.15) is 4.98 Å². The van der Waals surface area contributed by atoms with E-state index in [-0.39, 0.29) is 11.5 Å². The van der Waals surface area contributed by atoms with E-state index in [4.69, 9.17) is 24.3 Å². The molecule has 0 spiro atoms. The zero-order chi connectivity index (χ0) is 23.1. The lowest BCUT2D eigenvalue weighted by Gasteiger charge is -2.32. The van der Waals surface area contributed by atoms with Crippen molar-refractivity contribution >= 4 is 11.7 Å². The molecule has 0 saturated carbocycles. The zero-order valence-electron chi connectivity index (χ0n) is 18.6. The standard InChI is InChI=1S/C24H24N4O5/c1-31-18-11-14(12-19(32-2)22(18)33-3)23-26-24-25-16-8-5-9-17(30)20(16)21(28(24)27-23)13-6-4-7-15(29)10-13/h4,6-7,10-12,21,29H,5,8-9H2,1-3H3,(H,25,26,27). The van der Waals surface area contributed by atoms with Crippen LogP contribution in [0.3, 0.4) is 0 Å². The van der Waals surface area contributed by atoms with Gasteiger partial charge < -0.3 is 24.6 Å². The van der Waals surface area contributed by atoms with E-state index in [0.717, 1.165) is 24.1 Å². The minimum Gasteiger partial charge on any atom is -0.508 e. The number of hydrogen-bond acceptors (Lipinski definition) is 8. The molecule has 1 aromatic heterocycles. The molecule has 9 nitrogen and oxygen atoms in total. The van der Waals surface area contributed by atoms with Crippen LogP contribution < -0.4 is 19.5 Å². The van der Waals surface area contributed by atoms with Gasteiger partial charge in [-0.3, -0.25) is 4.79 Å². The molecule has 2 aromatic carbocycles. The fourth-order valence-corrected chi connectivity index (χ4v) is 4.49. The van der Waals surface area contributed by atoms with Crippen LogP contribution in [0.15, 0.2) is 47.7 Å². The minimum absolute atomic E-state index is 0.0765. The van der Waals surface area contributed by atoms with Crippen LogP contribution in [0.2, 0.25) is 0 Å². The topological polar surface area (TPSA) is 108 Å². The van der Waals surface area contributed by atoms with Crippen molar-refractivity contribution in [3.05, 3.63) is 53.2 Å². The Labute approximate surface area is 190 Å². The summed E-state index contributed by atoms with van der Waals surface area (Å²) >= 11 is 0. The third-order valence-electron chi connectivity index (χ3n) is 5.98. The van der Waals surface area contributed by atoms with Crippen molar-refractivity contribution in [1.82, 2.24) is 14.8 Å². The Morgan fingerprint density at radius 2 is 1.82 bits per heavy atom. The van der Waals surface area contributed by atoms with E-state index in [1.165, 1.54) is 0 Å². The molecule has 0 saturated heterocycles. The van der Waals surface area contributed by atoms with Gasteiger partial charge in [0.25, 0.3) is 0 Å². The van der Waals surface area contributed by atoms with Gasteiger partial charge in [0.1, 0.15) is 11.8 Å². The summed E-state index contributed by atoms with van der Waals surface area (Å²) < 4.78 is 18.1. The fraction of sp³-hybridized carbons (Fsp3) is 0.292. The second-order valence-electron chi connectivity index (χ2n) is 7.91. The maximum Gasteiger partial charge on any atom is 0.226 e. The maximum atomic E-state index is 13.0. The number of hydrogen-bond donors (Lipinski definition) is 2. The summed E-state index contributed by atoms with van der Waals surface area (Å²) in [5.41, 5.74) is 2.96. The molecule has 1 aliphatic heterocycles. The molecule has 170 valence electrons. The van der Waals surface area contributed by atoms with Crippen molar-refractivity contribution in [2.45, 2.75) is 25.3 Å². The van der Waals surface area contributed by atoms with Gasteiger partial charge in [-0.15, -0.1) is 5.10 Å². The van der Waals surface area contributed by atoms with Crippen molar-refractivity contribution in [2.24, 2.45) is 0 Å². The number of fused-ring (bicyclic) bond motifs is 1. The van der Waals surface area contributed by atoms with Crippen LogP contribution in [0.1, 0.15) is 30.9 Å². The number of aromatic hydroxyl groups is 1. The van der Waals surface area contributed by atoms with Crippen LogP contribution in [-0.4, -0.2) is 47.0 Å². The van der Waals surface area contributed by atoms with Crippen LogP contribution in [0.25, 0.3) is 11.4 Å². The summed E-state index contributed by atoms with van der Waals surface area (Å²) in [5, 5.41) is 18.2. The number of anilines is 1. The average Bonchev–Trinajstić information content (AvgIpc) is 3.25. The van der Waals surface area contributed by atoms with E-state index < -0.39 is 6.04 Å². The number of carbonyl (C=O) groups is 1. The number of rotatable bonds is 5. The number of ketones is 1. The predicted molar refractivity (Wildman–Crippen MR) is 121 cm³/mol. The molecule has 3 aromatic rings. The third kappa shape index (κ3) is 3.45. The number of Topliss-reactive ketones (excluding diaryl/α,β-unsaturated/α-hetero) is 1. The lowest BCUT2D eigenvalue weighted by atomic mass is 9.85. The molecule has 5 rings (SSSR count). The maximum absolute atomic E-state index is 13.0. The summed E-state index contributed by atoms with van der Waals surface area (Å²) in [4.78, 5) is 17.7. The first-order valence-electron chi connectivity index (χ1n) is 10.6. The van der Waals surface area contributed by atoms with Gasteiger partial charge in [-0.1, -0.05) is 12.1 Å². The molecule has 0 radical (unpaired) electrons. The molecular formula is C24H24N4O5. The first kappa shape index (κ1) is 20.9. The van der Waals surface area contributed by atoms with Gasteiger partial charge in [0, 0.05) is 23.3 Å². The van der Waals surface area contributed by atoms with Gasteiger partial charge in [-0.05, 0) is 42.7 Å². The highest BCUT2D eigenvalue weighted by molar-refractivity contribution is 5.99. The second kappa shape index (κ2) is 8.16. The molecular weight excluding hydrogens is 424 g/mol. The number of benzene rings is 2. The Kier molecular flexibility index (Phi) is 5.16. The van der Waals surface area contributed by atoms with Gasteiger partial charge in [-0.25, -0.2) is 4.68 Å². The number of allylic oxidation sites excluding steroid dienone is 2. The van der Waals surface area contributed by atoms with Gasteiger partial charge >= 0.3 is 0 Å². The van der Waals surface area contributed by atoms with E-state index in [2.05, 4.69) is 5.32 Å². The number of nitrogens with one attached hydrogen (secondary N) is 1. The van der Waals surface area contributed by atoms with Crippen LogP contribution in [0.4, 0.5) is 5.95 Å². The largest absolute Gasteiger partial charge is 0.508 e. The van der Waals surface area contributed by atoms with Crippen molar-refractivity contribution in [3.63, 3.8) is 0 Å². The molecule has 1 unspecified atom stereocenters. The van der Waals surface area contributed by atoms with Gasteiger partial charge in [0.2, 0.25) is 11.7 Å². The van der Waals surface area contributed by atoms with E-state index in [0.29, 0.717) is 46.6 Å². The normalized spacial score (nSPS) is 17.2. The van der Waals surface area contributed by atoms with Crippen molar-refractivity contribution in [3.8, 4) is 34.4 Å². The zero-order valence-corrected chi connectivity index (χ0v) is 18.6. The highest BCUT2D eigenvalue weighted by Crippen LogP contribution is 2.43. The highest BCUT2D eigenvalue weighted by Gasteiger charge is 2.37. The van der Waals surface area contributed by atoms with Crippen molar-refractivity contribution in [2.75, 3.05) is 26.6 Å². The monoisotopic (exact) mass is 448 g/mol. The molecule has 2 N–H and O–H groups in total. The smallest absolute Gasteiger partial charge is 0.226 e. The number of phenols is 1. The average molecular weight is 448 g/mol. The number of aromatic nitrogens is 3. The number of ether oxygens (including phenoxy) is 3. The quantitative estimate of drug-likeness (QED) is 0.608. The highest BCUT2D eigenvalue weighted by atomic mass is 16.5. The second-order valence-corrected chi connectivity index (χ2v) is 7.91. The lowest BCUT2D eigenvalue weighted by Crippen LogP contribution is -2.31. The summed E-state index contributed by atoms with van der Waals surface area (Å²) in [7, 11) is 4.65. The molecule has 2 heterocycles. The van der Waals surface area contributed by atoms with E-state index in [1.807, 2.05) is 6.07 Å². The Hall–Kier alpha value is -4.01. The predicted octanol–water partition coefficient (Wildman–Crippen LogP) is 3.70. The fourth-order valence-electron chi connectivity index (χ4n) is 4.49. The Morgan fingerprint density at radius 3 is 2.48 bits per heavy atom. The Balaban J connectivity index is 1.67. The summed E-state index contributed by atoms with van der Waals surface area (Å²) in [5.74, 6) is 2.63. The molecule has 9 heteroatoms. The number of carbonyl (C=O) groups excluding carboxylic acids is 1. The first-order chi connectivity index (χ1) is 16.0. The van der Waals surface area contributed by atoms with Gasteiger partial charge in [0.05, 0.1) is 21.3 Å². The van der Waals surface area contributed by atoms with Gasteiger partial charge in [0.15, 0.2) is 23.1 Å².